The smallest absolute Gasteiger partial charge is 0.255 e. The number of nitrogens with one attached hydrogen (secondary N) is 1. The standard InChI is InChI=1S/C18H20N2O2S/c1-13-4-2-3-5-16(13)23-15-8-10-20(11-9-15)18(22)14-6-7-17(21)19-12-14/h2-7,12,15H,8-11H2,1H3,(H,19,21). The number of likely N-dealkylation sites (tertiary alicyclic amines) is 1. The van der Waals surface area contributed by atoms with Crippen molar-refractivity contribution in [1.29, 1.82) is 0 Å². The van der Waals surface area contributed by atoms with E-state index in [0.29, 0.717) is 10.8 Å². The minimum absolute atomic E-state index is 0.000548. The van der Waals surface area contributed by atoms with E-state index in [0.717, 1.165) is 25.9 Å². The molecule has 0 bridgehead atoms. The van der Waals surface area contributed by atoms with E-state index in [1.165, 1.54) is 22.7 Å². The Balaban J connectivity index is 1.58. The number of piperidine rings is 1. The maximum atomic E-state index is 12.4. The Labute approximate surface area is 139 Å². The third kappa shape index (κ3) is 3.85. The molecule has 1 N–H and O–H groups in total. The van der Waals surface area contributed by atoms with Crippen molar-refractivity contribution in [2.75, 3.05) is 13.1 Å². The molecular formula is C18H20N2O2S. The SMILES string of the molecule is Cc1ccccc1SC1CCN(C(=O)c2ccc(=O)[nH]c2)CC1. The van der Waals surface area contributed by atoms with Crippen LogP contribution in [-0.2, 0) is 0 Å². The molecule has 1 aromatic heterocycles. The van der Waals surface area contributed by atoms with Crippen LogP contribution in [0.3, 0.4) is 0 Å². The first-order valence-corrected chi connectivity index (χ1v) is 8.72. The number of benzene rings is 1. The molecule has 1 fully saturated rings. The fourth-order valence-corrected chi connectivity index (χ4v) is 3.99. The lowest BCUT2D eigenvalue weighted by Crippen LogP contribution is -2.39. The van der Waals surface area contributed by atoms with E-state index in [-0.39, 0.29) is 11.5 Å². The molecule has 1 aliphatic heterocycles. The van der Waals surface area contributed by atoms with E-state index in [9.17, 15) is 9.59 Å². The van der Waals surface area contributed by atoms with Crippen LogP contribution in [0.25, 0.3) is 0 Å². The second-order valence-electron chi connectivity index (χ2n) is 5.82. The highest BCUT2D eigenvalue weighted by molar-refractivity contribution is 8.00. The first-order chi connectivity index (χ1) is 11.1. The number of carbonyl (C=O) groups is 1. The third-order valence-electron chi connectivity index (χ3n) is 4.15. The molecule has 5 heteroatoms. The Hall–Kier alpha value is -2.01. The minimum Gasteiger partial charge on any atom is -0.339 e. The molecule has 23 heavy (non-hydrogen) atoms. The summed E-state index contributed by atoms with van der Waals surface area (Å²) in [6.07, 6.45) is 3.49. The molecule has 1 aliphatic rings. The molecule has 0 radical (unpaired) electrons. The summed E-state index contributed by atoms with van der Waals surface area (Å²) in [7, 11) is 0. The number of aromatic amines is 1. The van der Waals surface area contributed by atoms with Crippen LogP contribution in [0, 0.1) is 6.92 Å². The molecule has 0 atom stereocenters. The normalized spacial score (nSPS) is 15.6. The summed E-state index contributed by atoms with van der Waals surface area (Å²) in [6, 6.07) is 11.4. The van der Waals surface area contributed by atoms with Crippen LogP contribution in [0.2, 0.25) is 0 Å². The maximum absolute atomic E-state index is 12.4. The lowest BCUT2D eigenvalue weighted by molar-refractivity contribution is 0.0727. The highest BCUT2D eigenvalue weighted by atomic mass is 32.2. The first-order valence-electron chi connectivity index (χ1n) is 7.84. The molecule has 0 unspecified atom stereocenters. The predicted octanol–water partition coefficient (Wildman–Crippen LogP) is 3.08. The molecule has 120 valence electrons. The van der Waals surface area contributed by atoms with Crippen molar-refractivity contribution in [3.05, 3.63) is 64.1 Å². The van der Waals surface area contributed by atoms with Crippen LogP contribution in [-0.4, -0.2) is 34.1 Å². The average Bonchev–Trinajstić information content (AvgIpc) is 2.58. The second-order valence-corrected chi connectivity index (χ2v) is 7.16. The number of pyridine rings is 1. The monoisotopic (exact) mass is 328 g/mol. The number of nitrogens with zero attached hydrogens (tertiary/aromatic N) is 1. The molecule has 4 nitrogen and oxygen atoms in total. The van der Waals surface area contributed by atoms with E-state index in [1.54, 1.807) is 6.07 Å². The molecule has 0 spiro atoms. The van der Waals surface area contributed by atoms with E-state index >= 15 is 0 Å². The molecule has 3 rings (SSSR count). The zero-order valence-electron chi connectivity index (χ0n) is 13.1. The van der Waals surface area contributed by atoms with Gasteiger partial charge in [0.2, 0.25) is 5.56 Å². The lowest BCUT2D eigenvalue weighted by atomic mass is 10.1. The summed E-state index contributed by atoms with van der Waals surface area (Å²) >= 11 is 1.92. The van der Waals surface area contributed by atoms with Crippen molar-refractivity contribution in [3.63, 3.8) is 0 Å². The van der Waals surface area contributed by atoms with Gasteiger partial charge in [-0.15, -0.1) is 11.8 Å². The molecular weight excluding hydrogens is 308 g/mol. The fourth-order valence-electron chi connectivity index (χ4n) is 2.77. The maximum Gasteiger partial charge on any atom is 0.255 e. The van der Waals surface area contributed by atoms with Crippen molar-refractivity contribution in [2.24, 2.45) is 0 Å². The fraction of sp³-hybridized carbons (Fsp3) is 0.333. The van der Waals surface area contributed by atoms with Gasteiger partial charge in [0.15, 0.2) is 0 Å². The highest BCUT2D eigenvalue weighted by Crippen LogP contribution is 2.32. The summed E-state index contributed by atoms with van der Waals surface area (Å²) in [5.41, 5.74) is 1.67. The zero-order chi connectivity index (χ0) is 16.2. The van der Waals surface area contributed by atoms with Gasteiger partial charge < -0.3 is 9.88 Å². The number of hydrogen-bond donors (Lipinski definition) is 1. The molecule has 1 amide bonds. The van der Waals surface area contributed by atoms with E-state index in [4.69, 9.17) is 0 Å². The first kappa shape index (κ1) is 15.9. The zero-order valence-corrected chi connectivity index (χ0v) is 13.9. The summed E-state index contributed by atoms with van der Waals surface area (Å²) in [6.45, 7) is 3.67. The summed E-state index contributed by atoms with van der Waals surface area (Å²) in [5.74, 6) is 0.000548. The Bertz CT molecular complexity index is 728. The number of carbonyl (C=O) groups excluding carboxylic acids is 1. The molecule has 1 saturated heterocycles. The van der Waals surface area contributed by atoms with Crippen LogP contribution in [0.4, 0.5) is 0 Å². The Kier molecular flexibility index (Phi) is 4.86. The number of amides is 1. The predicted molar refractivity (Wildman–Crippen MR) is 93.0 cm³/mol. The van der Waals surface area contributed by atoms with Crippen molar-refractivity contribution in [3.8, 4) is 0 Å². The summed E-state index contributed by atoms with van der Waals surface area (Å²) in [5, 5.41) is 0.552. The van der Waals surface area contributed by atoms with Gasteiger partial charge in [-0.2, -0.15) is 0 Å². The molecule has 0 saturated carbocycles. The van der Waals surface area contributed by atoms with Crippen LogP contribution < -0.4 is 5.56 Å². The van der Waals surface area contributed by atoms with E-state index in [2.05, 4.69) is 36.2 Å². The highest BCUT2D eigenvalue weighted by Gasteiger charge is 2.24. The largest absolute Gasteiger partial charge is 0.339 e. The number of aryl methyl sites for hydroxylation is 1. The van der Waals surface area contributed by atoms with Crippen LogP contribution in [0.5, 0.6) is 0 Å². The van der Waals surface area contributed by atoms with Gasteiger partial charge in [0.05, 0.1) is 5.56 Å². The van der Waals surface area contributed by atoms with Gasteiger partial charge in [0.1, 0.15) is 0 Å². The summed E-state index contributed by atoms with van der Waals surface area (Å²) in [4.78, 5) is 29.3. The molecule has 2 heterocycles. The van der Waals surface area contributed by atoms with Gasteiger partial charge in [-0.3, -0.25) is 9.59 Å². The lowest BCUT2D eigenvalue weighted by Gasteiger charge is -2.32. The van der Waals surface area contributed by atoms with Gasteiger partial charge in [-0.05, 0) is 37.5 Å². The molecule has 1 aromatic carbocycles. The number of rotatable bonds is 3. The summed E-state index contributed by atoms with van der Waals surface area (Å²) < 4.78 is 0. The van der Waals surface area contributed by atoms with E-state index in [1.807, 2.05) is 16.7 Å². The van der Waals surface area contributed by atoms with Crippen LogP contribution in [0.15, 0.2) is 52.3 Å². The van der Waals surface area contributed by atoms with Gasteiger partial charge >= 0.3 is 0 Å². The van der Waals surface area contributed by atoms with Crippen LogP contribution in [0.1, 0.15) is 28.8 Å². The molecule has 2 aromatic rings. The Morgan fingerprint density at radius 2 is 1.91 bits per heavy atom. The van der Waals surface area contributed by atoms with Crippen molar-refractivity contribution >= 4 is 17.7 Å². The van der Waals surface area contributed by atoms with Crippen molar-refractivity contribution in [2.45, 2.75) is 29.9 Å². The van der Waals surface area contributed by atoms with Gasteiger partial charge in [0, 0.05) is 35.5 Å². The minimum atomic E-state index is -0.185. The van der Waals surface area contributed by atoms with Crippen molar-refractivity contribution in [1.82, 2.24) is 9.88 Å². The van der Waals surface area contributed by atoms with E-state index < -0.39 is 0 Å². The number of hydrogen-bond acceptors (Lipinski definition) is 3. The average molecular weight is 328 g/mol. The third-order valence-corrected chi connectivity index (χ3v) is 5.66. The van der Waals surface area contributed by atoms with Gasteiger partial charge in [0.25, 0.3) is 5.91 Å². The number of thioether (sulfide) groups is 1. The quantitative estimate of drug-likeness (QED) is 0.942. The van der Waals surface area contributed by atoms with Crippen LogP contribution >= 0.6 is 11.8 Å². The molecule has 0 aliphatic carbocycles. The Morgan fingerprint density at radius 1 is 1.17 bits per heavy atom. The number of aromatic nitrogens is 1. The van der Waals surface area contributed by atoms with Crippen molar-refractivity contribution < 1.29 is 4.79 Å². The van der Waals surface area contributed by atoms with Gasteiger partial charge in [-0.25, -0.2) is 0 Å². The Morgan fingerprint density at radius 3 is 2.57 bits per heavy atom. The second kappa shape index (κ2) is 7.04. The van der Waals surface area contributed by atoms with Gasteiger partial charge in [-0.1, -0.05) is 18.2 Å². The number of H-pyrrole nitrogens is 1. The topological polar surface area (TPSA) is 53.2 Å².